The summed E-state index contributed by atoms with van der Waals surface area (Å²) in [5.41, 5.74) is 0. The molecule has 0 spiro atoms. The molecule has 0 radical (unpaired) electrons. The molecule has 0 aromatic carbocycles. The van der Waals surface area contributed by atoms with Gasteiger partial charge in [-0.25, -0.2) is 0 Å². The summed E-state index contributed by atoms with van der Waals surface area (Å²) in [4.78, 5) is 0. The monoisotopic (exact) mass is 159 g/mol. The first-order chi connectivity index (χ1) is 5.11. The van der Waals surface area contributed by atoms with Gasteiger partial charge in [-0.15, -0.1) is 4.73 Å². The molecule has 11 heavy (non-hydrogen) atoms. The Kier molecular flexibility index (Phi) is 1.93. The van der Waals surface area contributed by atoms with E-state index in [2.05, 4.69) is 4.76 Å². The minimum Gasteiger partial charge on any atom is -0.492 e. The van der Waals surface area contributed by atoms with Crippen molar-refractivity contribution in [2.24, 2.45) is 0 Å². The molecule has 60 valence electrons. The largest absolute Gasteiger partial charge is 0.728 e. The van der Waals surface area contributed by atoms with Crippen LogP contribution in [0.1, 0.15) is 0 Å². The van der Waals surface area contributed by atoms with Crippen molar-refractivity contribution in [3.63, 3.8) is 0 Å². The van der Waals surface area contributed by atoms with Gasteiger partial charge in [0.05, 0.1) is 0 Å². The van der Waals surface area contributed by atoms with Gasteiger partial charge < -0.3 is 25.0 Å². The maximum atomic E-state index is 8.84. The summed E-state index contributed by atoms with van der Waals surface area (Å²) in [6.45, 7) is 0. The normalized spacial score (nSPS) is 9.64. The Hall–Kier alpha value is -1.34. The zero-order valence-corrected chi connectivity index (χ0v) is 5.38. The van der Waals surface area contributed by atoms with Crippen LogP contribution in [-0.2, 0) is 0 Å². The van der Waals surface area contributed by atoms with Gasteiger partial charge in [-0.1, -0.05) is 0 Å². The van der Waals surface area contributed by atoms with Crippen LogP contribution in [0.2, 0.25) is 0 Å². The summed E-state index contributed by atoms with van der Waals surface area (Å²) < 4.78 is 4.62. The number of aromatic hydroxyl groups is 2. The van der Waals surface area contributed by atoms with Crippen molar-refractivity contribution in [3.8, 4) is 11.8 Å². The van der Waals surface area contributed by atoms with Crippen LogP contribution in [0.4, 0.5) is 0 Å². The van der Waals surface area contributed by atoms with E-state index < -0.39 is 19.1 Å². The molecule has 0 unspecified atom stereocenters. The third-order valence-corrected chi connectivity index (χ3v) is 0.997. The molecule has 1 aromatic heterocycles. The van der Waals surface area contributed by atoms with Gasteiger partial charge in [0, 0.05) is 12.1 Å². The summed E-state index contributed by atoms with van der Waals surface area (Å²) in [6.07, 6.45) is 0. The molecule has 0 fully saturated rings. The highest BCUT2D eigenvalue weighted by Crippen LogP contribution is 2.18. The fourth-order valence-corrected chi connectivity index (χ4v) is 0.604. The van der Waals surface area contributed by atoms with E-state index in [1.807, 2.05) is 0 Å². The van der Waals surface area contributed by atoms with Crippen LogP contribution in [-0.4, -0.2) is 32.3 Å². The molecule has 1 rings (SSSR count). The molecule has 6 nitrogen and oxygen atoms in total. The number of nitrogens with zero attached hydrogens (tertiary/aromatic N) is 1. The molecule has 4 N–H and O–H groups in total. The van der Waals surface area contributed by atoms with E-state index in [9.17, 15) is 0 Å². The Morgan fingerprint density at radius 1 is 1.18 bits per heavy atom. The van der Waals surface area contributed by atoms with Crippen molar-refractivity contribution < 1.29 is 25.0 Å². The van der Waals surface area contributed by atoms with Gasteiger partial charge in [0.1, 0.15) is 0 Å². The van der Waals surface area contributed by atoms with E-state index in [4.69, 9.17) is 20.3 Å². The van der Waals surface area contributed by atoms with Gasteiger partial charge in [0.2, 0.25) is 11.8 Å². The van der Waals surface area contributed by atoms with E-state index in [0.717, 1.165) is 12.1 Å². The van der Waals surface area contributed by atoms with Crippen molar-refractivity contribution in [1.82, 2.24) is 4.73 Å². The van der Waals surface area contributed by atoms with Crippen LogP contribution in [0.5, 0.6) is 11.8 Å². The highest BCUT2D eigenvalue weighted by Gasteiger charge is 2.16. The highest BCUT2D eigenvalue weighted by molar-refractivity contribution is 6.32. The molecule has 7 heteroatoms. The molecule has 0 bridgehead atoms. The van der Waals surface area contributed by atoms with Crippen molar-refractivity contribution >= 4 is 7.32 Å². The molecule has 1 heterocycles. The first kappa shape index (κ1) is 7.77. The highest BCUT2D eigenvalue weighted by atomic mass is 16.7. The summed E-state index contributed by atoms with van der Waals surface area (Å²) in [6, 6.07) is 2.27. The molecule has 1 aromatic rings. The first-order valence-corrected chi connectivity index (χ1v) is 2.74. The first-order valence-electron chi connectivity index (χ1n) is 2.74. The SMILES string of the molecule is OB(O)On1c(O)ccc1O. The summed E-state index contributed by atoms with van der Waals surface area (Å²) in [5, 5.41) is 34.2. The lowest BCUT2D eigenvalue weighted by atomic mass is 10.3. The zero-order chi connectivity index (χ0) is 8.43. The van der Waals surface area contributed by atoms with Gasteiger partial charge in [0.25, 0.3) is 0 Å². The lowest BCUT2D eigenvalue weighted by Gasteiger charge is -2.06. The predicted octanol–water partition coefficient (Wildman–Crippen LogP) is -1.70. The molecule has 0 saturated heterocycles. The standard InChI is InChI=1S/C4H6BNO5/c7-3-1-2-4(8)6(3)11-5(9)10/h1-2,7-10H. The fraction of sp³-hybridized carbons (Fsp3) is 0. The Labute approximate surface area is 62.0 Å². The van der Waals surface area contributed by atoms with Crippen LogP contribution in [0, 0.1) is 0 Å². The lowest BCUT2D eigenvalue weighted by Crippen LogP contribution is -2.28. The van der Waals surface area contributed by atoms with E-state index in [1.54, 1.807) is 0 Å². The van der Waals surface area contributed by atoms with Gasteiger partial charge in [-0.05, 0) is 0 Å². The average molecular weight is 159 g/mol. The van der Waals surface area contributed by atoms with Crippen molar-refractivity contribution in [1.29, 1.82) is 0 Å². The van der Waals surface area contributed by atoms with Crippen LogP contribution < -0.4 is 4.76 Å². The maximum Gasteiger partial charge on any atom is 0.728 e. The van der Waals surface area contributed by atoms with E-state index in [1.165, 1.54) is 0 Å². The summed E-state index contributed by atoms with van der Waals surface area (Å²) in [5.74, 6) is -0.841. The smallest absolute Gasteiger partial charge is 0.492 e. The molecule has 0 amide bonds. The molecular weight excluding hydrogens is 153 g/mol. The predicted molar refractivity (Wildman–Crippen MR) is 34.5 cm³/mol. The van der Waals surface area contributed by atoms with Crippen molar-refractivity contribution in [2.75, 3.05) is 0 Å². The Bertz CT molecular complexity index is 227. The van der Waals surface area contributed by atoms with Crippen LogP contribution >= 0.6 is 0 Å². The van der Waals surface area contributed by atoms with Crippen LogP contribution in [0.15, 0.2) is 12.1 Å². The van der Waals surface area contributed by atoms with Gasteiger partial charge in [-0.2, -0.15) is 0 Å². The third-order valence-electron chi connectivity index (χ3n) is 0.997. The second kappa shape index (κ2) is 2.73. The molecular formula is C4H6BNO5. The van der Waals surface area contributed by atoms with E-state index in [0.29, 0.717) is 4.73 Å². The van der Waals surface area contributed by atoms with Gasteiger partial charge in [0.15, 0.2) is 0 Å². The molecule has 0 aliphatic rings. The van der Waals surface area contributed by atoms with Gasteiger partial charge >= 0.3 is 7.32 Å². The van der Waals surface area contributed by atoms with Crippen LogP contribution in [0.25, 0.3) is 0 Å². The molecule has 0 atom stereocenters. The minimum absolute atomic E-state index is 0.421. The average Bonchev–Trinajstić information content (AvgIpc) is 2.18. The third kappa shape index (κ3) is 1.57. The number of rotatable bonds is 2. The number of aromatic nitrogens is 1. The Balaban J connectivity index is 2.83. The summed E-state index contributed by atoms with van der Waals surface area (Å²) >= 11 is 0. The van der Waals surface area contributed by atoms with E-state index >= 15 is 0 Å². The Morgan fingerprint density at radius 3 is 2.00 bits per heavy atom. The van der Waals surface area contributed by atoms with Gasteiger partial charge in [-0.3, -0.25) is 0 Å². The number of hydrogen-bond donors (Lipinski definition) is 4. The Morgan fingerprint density at radius 2 is 1.64 bits per heavy atom. The zero-order valence-electron chi connectivity index (χ0n) is 5.38. The quantitative estimate of drug-likeness (QED) is 0.385. The fourth-order valence-electron chi connectivity index (χ4n) is 0.604. The summed E-state index contributed by atoms with van der Waals surface area (Å²) in [7, 11) is -2.08. The van der Waals surface area contributed by atoms with Crippen molar-refractivity contribution in [3.05, 3.63) is 12.1 Å². The molecule has 0 aliphatic heterocycles. The van der Waals surface area contributed by atoms with Crippen LogP contribution in [0.3, 0.4) is 0 Å². The molecule has 0 aliphatic carbocycles. The lowest BCUT2D eigenvalue weighted by molar-refractivity contribution is 0.128. The van der Waals surface area contributed by atoms with E-state index in [-0.39, 0.29) is 0 Å². The van der Waals surface area contributed by atoms with Crippen molar-refractivity contribution in [2.45, 2.75) is 0 Å². The minimum atomic E-state index is -2.08. The molecule has 0 saturated carbocycles. The number of hydrogen-bond acceptors (Lipinski definition) is 5. The second-order valence-corrected chi connectivity index (χ2v) is 1.78. The second-order valence-electron chi connectivity index (χ2n) is 1.78. The topological polar surface area (TPSA) is 95.1 Å². The maximum absolute atomic E-state index is 8.84.